The molecular formula is C19H23N3O3. The largest absolute Gasteiger partial charge is 0.383 e. The second-order valence-corrected chi connectivity index (χ2v) is 6.24. The first-order chi connectivity index (χ1) is 12.2. The van der Waals surface area contributed by atoms with Gasteiger partial charge in [-0.2, -0.15) is 5.10 Å². The van der Waals surface area contributed by atoms with E-state index in [2.05, 4.69) is 22.5 Å². The fraction of sp³-hybridized carbons (Fsp3) is 0.421. The van der Waals surface area contributed by atoms with Crippen molar-refractivity contribution >= 4 is 5.91 Å². The van der Waals surface area contributed by atoms with Gasteiger partial charge in [-0.3, -0.25) is 9.59 Å². The van der Waals surface area contributed by atoms with Gasteiger partial charge in [-0.15, -0.1) is 0 Å². The van der Waals surface area contributed by atoms with E-state index in [-0.39, 0.29) is 23.2 Å². The maximum Gasteiger partial charge on any atom is 0.272 e. The molecular weight excluding hydrogens is 318 g/mol. The predicted molar refractivity (Wildman–Crippen MR) is 94.6 cm³/mol. The Kier molecular flexibility index (Phi) is 5.60. The van der Waals surface area contributed by atoms with Crippen LogP contribution in [0.2, 0.25) is 0 Å². The van der Waals surface area contributed by atoms with Crippen molar-refractivity contribution in [3.63, 3.8) is 0 Å². The van der Waals surface area contributed by atoms with Crippen LogP contribution in [-0.2, 0) is 17.7 Å². The van der Waals surface area contributed by atoms with Gasteiger partial charge < -0.3 is 10.1 Å². The van der Waals surface area contributed by atoms with Crippen LogP contribution in [0, 0.1) is 0 Å². The molecule has 1 aromatic carbocycles. The van der Waals surface area contributed by atoms with Crippen LogP contribution in [-0.4, -0.2) is 29.4 Å². The maximum absolute atomic E-state index is 12.7. The number of hydrogen-bond acceptors (Lipinski definition) is 4. The number of nitrogens with zero attached hydrogens (tertiary/aromatic N) is 2. The average Bonchev–Trinajstić information content (AvgIpc) is 2.83. The third kappa shape index (κ3) is 4.14. The first-order valence-corrected chi connectivity index (χ1v) is 8.65. The van der Waals surface area contributed by atoms with Crippen LogP contribution in [0.4, 0.5) is 0 Å². The Labute approximate surface area is 146 Å². The van der Waals surface area contributed by atoms with Gasteiger partial charge in [-0.1, -0.05) is 30.7 Å². The molecule has 1 aliphatic carbocycles. The van der Waals surface area contributed by atoms with E-state index >= 15 is 0 Å². The summed E-state index contributed by atoms with van der Waals surface area (Å²) in [7, 11) is 1.56. The first kappa shape index (κ1) is 17.4. The first-order valence-electron chi connectivity index (χ1n) is 8.65. The summed E-state index contributed by atoms with van der Waals surface area (Å²) in [5.41, 5.74) is 2.48. The number of ether oxygens (including phenoxy) is 1. The van der Waals surface area contributed by atoms with E-state index in [9.17, 15) is 9.59 Å². The fourth-order valence-electron chi connectivity index (χ4n) is 3.21. The van der Waals surface area contributed by atoms with E-state index < -0.39 is 0 Å². The Balaban J connectivity index is 1.79. The van der Waals surface area contributed by atoms with Crippen molar-refractivity contribution in [3.8, 4) is 0 Å². The number of nitrogens with one attached hydrogen (secondary N) is 1. The zero-order valence-corrected chi connectivity index (χ0v) is 14.4. The summed E-state index contributed by atoms with van der Waals surface area (Å²) in [6.45, 7) is 0.691. The highest BCUT2D eigenvalue weighted by molar-refractivity contribution is 5.92. The van der Waals surface area contributed by atoms with E-state index in [1.807, 2.05) is 12.1 Å². The summed E-state index contributed by atoms with van der Waals surface area (Å²) < 4.78 is 6.24. The van der Waals surface area contributed by atoms with Gasteiger partial charge in [0, 0.05) is 13.2 Å². The lowest BCUT2D eigenvalue weighted by molar-refractivity contribution is 0.0925. The molecule has 1 aromatic heterocycles. The minimum atomic E-state index is -0.257. The molecule has 3 rings (SSSR count). The zero-order valence-electron chi connectivity index (χ0n) is 14.4. The van der Waals surface area contributed by atoms with Crippen molar-refractivity contribution in [1.29, 1.82) is 0 Å². The summed E-state index contributed by atoms with van der Waals surface area (Å²) in [5, 5.41) is 7.25. The summed E-state index contributed by atoms with van der Waals surface area (Å²) in [6.07, 6.45) is 4.15. The Hall–Kier alpha value is -2.47. The molecule has 1 atom stereocenters. The van der Waals surface area contributed by atoms with Gasteiger partial charge in [0.05, 0.1) is 19.2 Å². The molecule has 0 spiro atoms. The number of methoxy groups -OCH3 is 1. The van der Waals surface area contributed by atoms with Crippen molar-refractivity contribution < 1.29 is 9.53 Å². The summed E-state index contributed by atoms with van der Waals surface area (Å²) in [4.78, 5) is 24.5. The molecule has 1 heterocycles. The smallest absolute Gasteiger partial charge is 0.272 e. The molecule has 2 aromatic rings. The minimum Gasteiger partial charge on any atom is -0.383 e. The highest BCUT2D eigenvalue weighted by Crippen LogP contribution is 2.28. The highest BCUT2D eigenvalue weighted by Gasteiger charge is 2.21. The van der Waals surface area contributed by atoms with Crippen molar-refractivity contribution in [1.82, 2.24) is 15.1 Å². The lowest BCUT2D eigenvalue weighted by Crippen LogP contribution is -2.32. The molecule has 0 bridgehead atoms. The Morgan fingerprint density at radius 1 is 1.28 bits per heavy atom. The molecule has 1 aliphatic rings. The van der Waals surface area contributed by atoms with Gasteiger partial charge in [0.1, 0.15) is 5.69 Å². The number of aryl methyl sites for hydroxylation is 1. The quantitative estimate of drug-likeness (QED) is 0.845. The van der Waals surface area contributed by atoms with E-state index in [4.69, 9.17) is 4.74 Å². The molecule has 1 N–H and O–H groups in total. The van der Waals surface area contributed by atoms with Crippen LogP contribution >= 0.6 is 0 Å². The summed E-state index contributed by atoms with van der Waals surface area (Å²) >= 11 is 0. The third-order valence-corrected chi connectivity index (χ3v) is 4.53. The topological polar surface area (TPSA) is 73.2 Å². The molecule has 0 aliphatic heterocycles. The molecule has 132 valence electrons. The number of fused-ring (bicyclic) bond motifs is 1. The SMILES string of the molecule is COCCn1nc(C(=O)N[C@@H]2CCCCc3ccccc32)ccc1=O. The second-order valence-electron chi connectivity index (χ2n) is 6.24. The van der Waals surface area contributed by atoms with E-state index in [1.165, 1.54) is 27.9 Å². The number of rotatable bonds is 5. The van der Waals surface area contributed by atoms with Crippen molar-refractivity contribution in [2.75, 3.05) is 13.7 Å². The number of amides is 1. The molecule has 25 heavy (non-hydrogen) atoms. The maximum atomic E-state index is 12.7. The van der Waals surface area contributed by atoms with Gasteiger partial charge in [-0.05, 0) is 36.5 Å². The zero-order chi connectivity index (χ0) is 17.6. The normalized spacial score (nSPS) is 16.8. The van der Waals surface area contributed by atoms with E-state index in [0.717, 1.165) is 25.7 Å². The average molecular weight is 341 g/mol. The lowest BCUT2D eigenvalue weighted by atomic mass is 9.99. The molecule has 6 nitrogen and oxygen atoms in total. The van der Waals surface area contributed by atoms with Crippen molar-refractivity contribution in [2.24, 2.45) is 0 Å². The molecule has 0 saturated carbocycles. The molecule has 1 amide bonds. The standard InChI is InChI=1S/C19H23N3O3/c1-25-13-12-22-18(23)11-10-17(21-22)19(24)20-16-9-5-3-7-14-6-2-4-8-15(14)16/h2,4,6,8,10-11,16H,3,5,7,9,12-13H2,1H3,(H,20,24)/t16-/m1/s1. The van der Waals surface area contributed by atoms with Gasteiger partial charge >= 0.3 is 0 Å². The molecule has 0 radical (unpaired) electrons. The van der Waals surface area contributed by atoms with Crippen LogP contribution in [0.5, 0.6) is 0 Å². The number of benzene rings is 1. The van der Waals surface area contributed by atoms with Crippen LogP contribution in [0.25, 0.3) is 0 Å². The van der Waals surface area contributed by atoms with Crippen LogP contribution < -0.4 is 10.9 Å². The summed E-state index contributed by atoms with van der Waals surface area (Å²) in [5.74, 6) is -0.257. The molecule has 6 heteroatoms. The predicted octanol–water partition coefficient (Wildman–Crippen LogP) is 2.09. The van der Waals surface area contributed by atoms with Gasteiger partial charge in [-0.25, -0.2) is 4.68 Å². The number of carbonyl (C=O) groups is 1. The van der Waals surface area contributed by atoms with Crippen LogP contribution in [0.1, 0.15) is 46.9 Å². The van der Waals surface area contributed by atoms with Crippen molar-refractivity contribution in [3.05, 3.63) is 63.6 Å². The minimum absolute atomic E-state index is 0.0210. The van der Waals surface area contributed by atoms with Crippen LogP contribution in [0.15, 0.2) is 41.2 Å². The Morgan fingerprint density at radius 3 is 2.96 bits per heavy atom. The number of carbonyl (C=O) groups excluding carboxylic acids is 1. The van der Waals surface area contributed by atoms with E-state index in [0.29, 0.717) is 13.2 Å². The monoisotopic (exact) mass is 341 g/mol. The molecule has 0 unspecified atom stereocenters. The highest BCUT2D eigenvalue weighted by atomic mass is 16.5. The van der Waals surface area contributed by atoms with Gasteiger partial charge in [0.15, 0.2) is 0 Å². The molecule has 0 fully saturated rings. The van der Waals surface area contributed by atoms with Gasteiger partial charge in [0.25, 0.3) is 11.5 Å². The van der Waals surface area contributed by atoms with Crippen molar-refractivity contribution in [2.45, 2.75) is 38.3 Å². The summed E-state index contributed by atoms with van der Waals surface area (Å²) in [6, 6.07) is 11.1. The van der Waals surface area contributed by atoms with Gasteiger partial charge in [0.2, 0.25) is 0 Å². The number of hydrogen-bond donors (Lipinski definition) is 1. The molecule has 0 saturated heterocycles. The third-order valence-electron chi connectivity index (χ3n) is 4.53. The fourth-order valence-corrected chi connectivity index (χ4v) is 3.21. The lowest BCUT2D eigenvalue weighted by Gasteiger charge is -2.19. The second kappa shape index (κ2) is 8.07. The van der Waals surface area contributed by atoms with Crippen LogP contribution in [0.3, 0.4) is 0 Å². The Bertz CT molecular complexity index is 800. The Morgan fingerprint density at radius 2 is 2.12 bits per heavy atom. The number of aromatic nitrogens is 2. The van der Waals surface area contributed by atoms with E-state index in [1.54, 1.807) is 7.11 Å².